The summed E-state index contributed by atoms with van der Waals surface area (Å²) in [5.41, 5.74) is 7.60. The summed E-state index contributed by atoms with van der Waals surface area (Å²) in [7, 11) is 0. The fourth-order valence-corrected chi connectivity index (χ4v) is 10.6. The third-order valence-corrected chi connectivity index (χ3v) is 15.4. The molecule has 0 unspecified atom stereocenters. The first-order valence-corrected chi connectivity index (χ1v) is 29.5. The van der Waals surface area contributed by atoms with E-state index in [9.17, 15) is 41.9 Å². The Bertz CT molecular complexity index is 2700. The van der Waals surface area contributed by atoms with E-state index in [1.165, 1.54) is 67.3 Å². The third-order valence-electron chi connectivity index (χ3n) is 15.4. The number of esters is 1. The van der Waals surface area contributed by atoms with Crippen molar-refractivity contribution in [3.05, 3.63) is 126 Å². The summed E-state index contributed by atoms with van der Waals surface area (Å²) in [6.45, 7) is 22.3. The molecular formula is C64H88F3LiN8O8. The van der Waals surface area contributed by atoms with E-state index < -0.39 is 36.5 Å². The van der Waals surface area contributed by atoms with Gasteiger partial charge in [0.25, 0.3) is 0 Å². The Hall–Kier alpha value is -6.13. The number of aryl methyl sites for hydroxylation is 2. The van der Waals surface area contributed by atoms with Gasteiger partial charge in [0.05, 0.1) is 29.8 Å². The molecule has 5 saturated heterocycles. The minimum Gasteiger partial charge on any atom is -0.449 e. The Balaban J connectivity index is 0.000000261. The topological polar surface area (TPSA) is 192 Å². The zero-order valence-electron chi connectivity index (χ0n) is 50.7. The van der Waals surface area contributed by atoms with Gasteiger partial charge in [0.15, 0.2) is 6.61 Å². The number of rotatable bonds is 8. The Labute approximate surface area is 507 Å². The molecule has 84 heavy (non-hydrogen) atoms. The van der Waals surface area contributed by atoms with E-state index in [1.54, 1.807) is 44.1 Å². The molecule has 4 atom stereocenters. The number of likely N-dealkylation sites (tertiary alicyclic amines) is 3. The number of hydrogen-bond donors (Lipinski definition) is 3. The Kier molecular flexibility index (Phi) is 30.1. The first-order chi connectivity index (χ1) is 39.6. The number of nitrogens with zero attached hydrogens (tertiary/aromatic N) is 5. The molecule has 16 nitrogen and oxygen atoms in total. The van der Waals surface area contributed by atoms with Gasteiger partial charge in [-0.2, -0.15) is 19.6 Å². The number of aromatic nitrogens is 2. The van der Waals surface area contributed by atoms with Crippen molar-refractivity contribution >= 4 is 46.9 Å². The minimum atomic E-state index is -4.67. The van der Waals surface area contributed by atoms with Gasteiger partial charge in [-0.05, 0) is 154 Å². The van der Waals surface area contributed by atoms with Gasteiger partial charge in [-0.1, -0.05) is 75.7 Å². The van der Waals surface area contributed by atoms with Crippen LogP contribution in [-0.4, -0.2) is 125 Å². The summed E-state index contributed by atoms with van der Waals surface area (Å²) in [4.78, 5) is 84.8. The van der Waals surface area contributed by atoms with Crippen molar-refractivity contribution in [2.45, 2.75) is 156 Å². The summed E-state index contributed by atoms with van der Waals surface area (Å²) in [6, 6.07) is 21.3. The normalized spacial score (nSPS) is 19.8. The molecule has 9 rings (SSSR count). The van der Waals surface area contributed by atoms with Crippen molar-refractivity contribution in [1.82, 2.24) is 30.0 Å². The van der Waals surface area contributed by atoms with Gasteiger partial charge in [-0.3, -0.25) is 33.9 Å². The molecule has 5 aliphatic heterocycles. The van der Waals surface area contributed by atoms with Crippen LogP contribution in [0.3, 0.4) is 0 Å². The molecule has 2 aromatic carbocycles. The number of nitrogens with one attached hydrogen (secondary N) is 3. The quantitative estimate of drug-likeness (QED) is 0.0665. The Morgan fingerprint density at radius 2 is 1.15 bits per heavy atom. The number of unbranched alkanes of at least 4 members (excludes halogenated alkanes) is 1. The number of alkyl halides is 3. The number of carbonyl (C=O) groups excluding carboxylic acids is 6. The number of halogens is 3. The Morgan fingerprint density at radius 3 is 1.60 bits per heavy atom. The maximum Gasteiger partial charge on any atom is 1.00 e. The van der Waals surface area contributed by atoms with Gasteiger partial charge in [0.2, 0.25) is 11.8 Å². The van der Waals surface area contributed by atoms with Crippen LogP contribution in [0, 0.1) is 32.6 Å². The van der Waals surface area contributed by atoms with Crippen LogP contribution in [0.25, 0.3) is 0 Å². The van der Waals surface area contributed by atoms with Crippen molar-refractivity contribution in [3.63, 3.8) is 0 Å². The minimum absolute atomic E-state index is 0. The zero-order chi connectivity index (χ0) is 60.5. The van der Waals surface area contributed by atoms with Crippen molar-refractivity contribution in [2.24, 2.45) is 11.8 Å². The molecule has 4 aromatic rings. The number of anilines is 2. The van der Waals surface area contributed by atoms with Crippen LogP contribution >= 0.6 is 0 Å². The number of hydrogen-bond acceptors (Lipinski definition) is 11. The molecule has 5 fully saturated rings. The molecule has 454 valence electrons. The fraction of sp³-hybridized carbons (Fsp3) is 0.547. The van der Waals surface area contributed by atoms with Gasteiger partial charge in [-0.25, -0.2) is 4.79 Å². The molecule has 0 aliphatic carbocycles. The molecule has 3 N–H and O–H groups in total. The molecule has 7 heterocycles. The van der Waals surface area contributed by atoms with Crippen molar-refractivity contribution in [3.8, 4) is 0 Å². The molecule has 5 aliphatic rings. The molecule has 0 spiro atoms. The predicted molar refractivity (Wildman–Crippen MR) is 316 cm³/mol. The van der Waals surface area contributed by atoms with Crippen LogP contribution < -0.4 is 34.8 Å². The van der Waals surface area contributed by atoms with Crippen LogP contribution in [-0.2, 0) is 38.2 Å². The summed E-state index contributed by atoms with van der Waals surface area (Å²) < 4.78 is 43.9. The van der Waals surface area contributed by atoms with Crippen molar-refractivity contribution in [1.29, 1.82) is 0 Å². The van der Waals surface area contributed by atoms with Gasteiger partial charge in [0.1, 0.15) is 0 Å². The molecular weight excluding hydrogens is 1070 g/mol. The first kappa shape index (κ1) is 70.4. The van der Waals surface area contributed by atoms with Crippen LogP contribution in [0.5, 0.6) is 0 Å². The number of benzene rings is 2. The maximum absolute atomic E-state index is 13.3. The molecule has 0 saturated carbocycles. The second-order valence-corrected chi connectivity index (χ2v) is 22.5. The van der Waals surface area contributed by atoms with E-state index in [4.69, 9.17) is 4.74 Å². The Morgan fingerprint density at radius 1 is 0.679 bits per heavy atom. The van der Waals surface area contributed by atoms with Crippen molar-refractivity contribution < 1.29 is 70.3 Å². The van der Waals surface area contributed by atoms with Crippen LogP contribution in [0.1, 0.15) is 169 Å². The van der Waals surface area contributed by atoms with E-state index in [0.717, 1.165) is 113 Å². The number of ether oxygens (including phenoxy) is 2. The first-order valence-electron chi connectivity index (χ1n) is 29.5. The number of carbonyl (C=O) groups is 6. The number of amides is 5. The van der Waals surface area contributed by atoms with E-state index in [2.05, 4.69) is 107 Å². The largest absolute Gasteiger partial charge is 1.00 e. The third kappa shape index (κ3) is 24.1. The summed E-state index contributed by atoms with van der Waals surface area (Å²) in [5, 5.41) is 8.48. The molecule has 20 heteroatoms. The fourth-order valence-electron chi connectivity index (χ4n) is 10.6. The van der Waals surface area contributed by atoms with Crippen LogP contribution in [0.15, 0.2) is 85.5 Å². The molecule has 0 radical (unpaired) electrons. The summed E-state index contributed by atoms with van der Waals surface area (Å²) >= 11 is 0. The number of pyridine rings is 2. The van der Waals surface area contributed by atoms with Gasteiger partial charge in [0, 0.05) is 78.2 Å². The SMILES string of the molecule is C1CCOC1.CC(=O)N1CCC(c2cccc([C@@H]3CC[C@@H](C)CN3)c2)CC1.CC(=O)N1CCC(c2cccc([C@@H]3CC[C@@H](C)CN3C(=O)C(=O)Nc3cncc(C)c3)c2)CC1.Cc1cncc(NC(=O)C(=O)OCC(F)(F)F)c1.[CH2-]CCC.[Li+]. The van der Waals surface area contributed by atoms with Crippen LogP contribution in [0.4, 0.5) is 24.5 Å². The van der Waals surface area contributed by atoms with E-state index in [1.807, 2.05) is 16.7 Å². The standard InChI is InChI=1S/C27H34N4O3.C19H28N2O.C10H9F3N2O3.C4H8O.C4H9.Li/c1-18-7-8-25(31(17-18)27(34)26(33)29-24-13-19(2)15-28-16-24)23-6-4-5-22(14-23)21-9-11-30(12-10-21)20(3)32;1-14-6-7-19(20-13-14)18-5-3-4-17(12-18)16-8-10-21(11-9-16)15(2)22;1-6-2-7(4-14-3-6)15-8(16)9(17)18-5-10(11,12)13;1-2-4-5-3-1;1-3-4-2;/h4-6,13-16,18,21,25H,7-12,17H2,1-3H3,(H,29,33);3-5,12,14,16,19-20H,6-11,13H2,1-2H3;2-4H,5H2,1H3,(H,15,16);1-4H2;1,3-4H2,2H3;/q;;;;-1;+1/t18-,25+;14-,19+;;;;/m11..../s1. The molecule has 5 amide bonds. The van der Waals surface area contributed by atoms with E-state index in [0.29, 0.717) is 36.0 Å². The van der Waals surface area contributed by atoms with Gasteiger partial charge < -0.3 is 47.0 Å². The zero-order valence-corrected chi connectivity index (χ0v) is 50.7. The predicted octanol–water partition coefficient (Wildman–Crippen LogP) is 8.38. The van der Waals surface area contributed by atoms with E-state index >= 15 is 0 Å². The average Bonchev–Trinajstić information content (AvgIpc) is 4.19. The number of piperidine rings is 4. The monoisotopic (exact) mass is 1160 g/mol. The second-order valence-electron chi connectivity index (χ2n) is 22.5. The summed E-state index contributed by atoms with van der Waals surface area (Å²) in [5.74, 6) is -1.51. The van der Waals surface area contributed by atoms with E-state index in [-0.39, 0.29) is 42.4 Å². The van der Waals surface area contributed by atoms with Crippen molar-refractivity contribution in [2.75, 3.05) is 69.7 Å². The van der Waals surface area contributed by atoms with Gasteiger partial charge in [-0.15, -0.1) is 0 Å². The summed E-state index contributed by atoms with van der Waals surface area (Å²) in [6.07, 6.45) is 14.7. The average molecular weight is 1160 g/mol. The maximum atomic E-state index is 13.3. The smallest absolute Gasteiger partial charge is 0.449 e. The molecule has 0 bridgehead atoms. The molecule has 2 aromatic heterocycles. The van der Waals surface area contributed by atoms with Gasteiger partial charge >= 0.3 is 48.7 Å². The second kappa shape index (κ2) is 36.0. The van der Waals surface area contributed by atoms with Crippen LogP contribution in [0.2, 0.25) is 0 Å².